The fourth-order valence-electron chi connectivity index (χ4n) is 2.82. The van der Waals surface area contributed by atoms with Crippen LogP contribution in [-0.2, 0) is 16.0 Å². The number of benzene rings is 1. The summed E-state index contributed by atoms with van der Waals surface area (Å²) in [5.41, 5.74) is 5.63. The maximum absolute atomic E-state index is 12.4. The van der Waals surface area contributed by atoms with E-state index in [1.807, 2.05) is 12.3 Å². The number of halogens is 1. The quantitative estimate of drug-likeness (QED) is 0.617. The SMILES string of the molecule is CCOc1c(Cl)cc(C(=O)NNC(=O)Cc2csc(N3CCOCC3)n2)cc1OC. The molecule has 9 nitrogen and oxygen atoms in total. The van der Waals surface area contributed by atoms with E-state index < -0.39 is 5.91 Å². The van der Waals surface area contributed by atoms with Gasteiger partial charge in [0.15, 0.2) is 16.6 Å². The van der Waals surface area contributed by atoms with Crippen LogP contribution in [0.5, 0.6) is 11.5 Å². The highest BCUT2D eigenvalue weighted by atomic mass is 35.5. The van der Waals surface area contributed by atoms with Crippen LogP contribution in [0.15, 0.2) is 17.5 Å². The lowest BCUT2D eigenvalue weighted by Crippen LogP contribution is -2.42. The lowest BCUT2D eigenvalue weighted by atomic mass is 10.2. The van der Waals surface area contributed by atoms with E-state index in [9.17, 15) is 9.59 Å². The maximum Gasteiger partial charge on any atom is 0.269 e. The largest absolute Gasteiger partial charge is 0.493 e. The fourth-order valence-corrected chi connectivity index (χ4v) is 3.96. The molecule has 0 aliphatic carbocycles. The molecule has 0 atom stereocenters. The van der Waals surface area contributed by atoms with Crippen LogP contribution >= 0.6 is 22.9 Å². The number of anilines is 1. The summed E-state index contributed by atoms with van der Waals surface area (Å²) in [7, 11) is 1.46. The first-order valence-electron chi connectivity index (χ1n) is 9.38. The van der Waals surface area contributed by atoms with Crippen LogP contribution < -0.4 is 25.2 Å². The predicted molar refractivity (Wildman–Crippen MR) is 114 cm³/mol. The van der Waals surface area contributed by atoms with Gasteiger partial charge in [0, 0.05) is 24.0 Å². The Morgan fingerprint density at radius 1 is 1.30 bits per heavy atom. The zero-order valence-electron chi connectivity index (χ0n) is 16.7. The van der Waals surface area contributed by atoms with Crippen LogP contribution in [0.25, 0.3) is 0 Å². The van der Waals surface area contributed by atoms with Crippen LogP contribution in [-0.4, -0.2) is 56.8 Å². The second-order valence-corrected chi connectivity index (χ2v) is 7.57. The molecule has 1 fully saturated rings. The molecule has 1 aliphatic heterocycles. The van der Waals surface area contributed by atoms with Gasteiger partial charge in [-0.25, -0.2) is 4.98 Å². The number of carbonyl (C=O) groups excluding carboxylic acids is 2. The molecule has 0 saturated carbocycles. The fraction of sp³-hybridized carbons (Fsp3) is 0.421. The summed E-state index contributed by atoms with van der Waals surface area (Å²) in [5, 5.41) is 2.94. The highest BCUT2D eigenvalue weighted by molar-refractivity contribution is 7.13. The minimum absolute atomic E-state index is 0.0501. The zero-order chi connectivity index (χ0) is 21.5. The van der Waals surface area contributed by atoms with Crippen molar-refractivity contribution in [1.29, 1.82) is 0 Å². The smallest absolute Gasteiger partial charge is 0.269 e. The Labute approximate surface area is 183 Å². The number of hydrogen-bond donors (Lipinski definition) is 2. The van der Waals surface area contributed by atoms with Crippen molar-refractivity contribution in [2.45, 2.75) is 13.3 Å². The number of aromatic nitrogens is 1. The standard InChI is InChI=1S/C19H23ClN4O5S/c1-3-29-17-14(20)8-12(9-15(17)27-2)18(26)23-22-16(25)10-13-11-30-19(21-13)24-4-6-28-7-5-24/h8-9,11H,3-7,10H2,1-2H3,(H,22,25)(H,23,26). The minimum atomic E-state index is -0.529. The van der Waals surface area contributed by atoms with Gasteiger partial charge in [0.1, 0.15) is 0 Å². The Morgan fingerprint density at radius 2 is 2.07 bits per heavy atom. The first-order chi connectivity index (χ1) is 14.5. The molecular weight excluding hydrogens is 432 g/mol. The Balaban J connectivity index is 1.55. The van der Waals surface area contributed by atoms with E-state index >= 15 is 0 Å². The average molecular weight is 455 g/mol. The Morgan fingerprint density at radius 3 is 2.77 bits per heavy atom. The molecule has 162 valence electrons. The summed E-state index contributed by atoms with van der Waals surface area (Å²) in [6, 6.07) is 2.94. The Bertz CT molecular complexity index is 901. The summed E-state index contributed by atoms with van der Waals surface area (Å²) < 4.78 is 16.0. The van der Waals surface area contributed by atoms with Crippen LogP contribution in [0.2, 0.25) is 5.02 Å². The van der Waals surface area contributed by atoms with Crippen LogP contribution in [0.1, 0.15) is 23.0 Å². The monoisotopic (exact) mass is 454 g/mol. The number of methoxy groups -OCH3 is 1. The van der Waals surface area contributed by atoms with Gasteiger partial charge in [0.05, 0.1) is 44.1 Å². The molecule has 11 heteroatoms. The van der Waals surface area contributed by atoms with Crippen molar-refractivity contribution in [3.05, 3.63) is 33.8 Å². The van der Waals surface area contributed by atoms with Crippen LogP contribution in [0, 0.1) is 0 Å². The normalized spacial score (nSPS) is 13.6. The molecule has 1 saturated heterocycles. The molecule has 1 aromatic heterocycles. The predicted octanol–water partition coefficient (Wildman–Crippen LogP) is 2.04. The van der Waals surface area contributed by atoms with Crippen LogP contribution in [0.4, 0.5) is 5.13 Å². The number of morpholine rings is 1. The van der Waals surface area contributed by atoms with Gasteiger partial charge in [0.2, 0.25) is 5.91 Å². The number of amides is 2. The molecule has 3 rings (SSSR count). The van der Waals surface area contributed by atoms with Crippen molar-refractivity contribution in [2.75, 3.05) is 44.9 Å². The number of nitrogens with one attached hydrogen (secondary N) is 2. The molecule has 0 radical (unpaired) electrons. The second kappa shape index (κ2) is 10.5. The second-order valence-electron chi connectivity index (χ2n) is 6.32. The highest BCUT2D eigenvalue weighted by Gasteiger charge is 2.18. The summed E-state index contributed by atoms with van der Waals surface area (Å²) >= 11 is 7.66. The highest BCUT2D eigenvalue weighted by Crippen LogP contribution is 2.36. The number of ether oxygens (including phenoxy) is 3. The van der Waals surface area contributed by atoms with Crippen molar-refractivity contribution in [2.24, 2.45) is 0 Å². The number of thiazole rings is 1. The molecule has 1 aromatic carbocycles. The molecule has 1 aliphatic rings. The summed E-state index contributed by atoms with van der Waals surface area (Å²) in [6.07, 6.45) is 0.0501. The van der Waals surface area contributed by atoms with Gasteiger partial charge in [0.25, 0.3) is 5.91 Å². The molecule has 0 spiro atoms. The first-order valence-corrected chi connectivity index (χ1v) is 10.6. The molecular formula is C19H23ClN4O5S. The third-order valence-corrected chi connectivity index (χ3v) is 5.49. The number of hydrazine groups is 1. The molecule has 2 amide bonds. The van der Waals surface area contributed by atoms with Gasteiger partial charge < -0.3 is 19.1 Å². The Kier molecular flexibility index (Phi) is 7.72. The van der Waals surface area contributed by atoms with Gasteiger partial charge >= 0.3 is 0 Å². The zero-order valence-corrected chi connectivity index (χ0v) is 18.3. The lowest BCUT2D eigenvalue weighted by molar-refractivity contribution is -0.121. The lowest BCUT2D eigenvalue weighted by Gasteiger charge is -2.26. The van der Waals surface area contributed by atoms with Gasteiger partial charge in [-0.1, -0.05) is 11.6 Å². The van der Waals surface area contributed by atoms with Crippen molar-refractivity contribution in [3.8, 4) is 11.5 Å². The number of carbonyl (C=O) groups is 2. The molecule has 2 N–H and O–H groups in total. The average Bonchev–Trinajstić information content (AvgIpc) is 3.22. The van der Waals surface area contributed by atoms with E-state index in [0.717, 1.165) is 18.2 Å². The van der Waals surface area contributed by atoms with E-state index in [-0.39, 0.29) is 22.9 Å². The molecule has 0 unspecified atom stereocenters. The van der Waals surface area contributed by atoms with E-state index in [1.165, 1.54) is 30.6 Å². The van der Waals surface area contributed by atoms with E-state index in [1.54, 1.807) is 0 Å². The molecule has 2 aromatic rings. The molecule has 30 heavy (non-hydrogen) atoms. The van der Waals surface area contributed by atoms with Crippen molar-refractivity contribution >= 4 is 39.9 Å². The van der Waals surface area contributed by atoms with Crippen LogP contribution in [0.3, 0.4) is 0 Å². The van der Waals surface area contributed by atoms with Gasteiger partial charge in [-0.15, -0.1) is 11.3 Å². The number of rotatable bonds is 7. The topological polar surface area (TPSA) is 102 Å². The summed E-state index contributed by atoms with van der Waals surface area (Å²) in [4.78, 5) is 31.2. The third-order valence-electron chi connectivity index (χ3n) is 4.26. The summed E-state index contributed by atoms with van der Waals surface area (Å²) in [6.45, 7) is 5.12. The van der Waals surface area contributed by atoms with Gasteiger partial charge in [-0.3, -0.25) is 20.4 Å². The van der Waals surface area contributed by atoms with E-state index in [4.69, 9.17) is 25.8 Å². The van der Waals surface area contributed by atoms with Gasteiger partial charge in [-0.05, 0) is 19.1 Å². The Hall–Kier alpha value is -2.56. The van der Waals surface area contributed by atoms with Crippen molar-refractivity contribution in [1.82, 2.24) is 15.8 Å². The minimum Gasteiger partial charge on any atom is -0.493 e. The first kappa shape index (κ1) is 22.1. The molecule has 0 bridgehead atoms. The maximum atomic E-state index is 12.4. The van der Waals surface area contributed by atoms with E-state index in [0.29, 0.717) is 37.0 Å². The van der Waals surface area contributed by atoms with Gasteiger partial charge in [-0.2, -0.15) is 0 Å². The van der Waals surface area contributed by atoms with Crippen molar-refractivity contribution < 1.29 is 23.8 Å². The summed E-state index contributed by atoms with van der Waals surface area (Å²) in [5.74, 6) is -0.217. The third kappa shape index (κ3) is 5.53. The molecule has 2 heterocycles. The van der Waals surface area contributed by atoms with E-state index in [2.05, 4.69) is 20.7 Å². The number of hydrogen-bond acceptors (Lipinski definition) is 8. The van der Waals surface area contributed by atoms with Crippen molar-refractivity contribution in [3.63, 3.8) is 0 Å². The number of nitrogens with zero attached hydrogens (tertiary/aromatic N) is 2.